The first-order valence-electron chi connectivity index (χ1n) is 4.79. The molecule has 0 saturated carbocycles. The van der Waals surface area contributed by atoms with Gasteiger partial charge in [-0.15, -0.1) is 17.3 Å². The summed E-state index contributed by atoms with van der Waals surface area (Å²) in [7, 11) is 0. The summed E-state index contributed by atoms with van der Waals surface area (Å²) < 4.78 is 1.02. The summed E-state index contributed by atoms with van der Waals surface area (Å²) in [5.41, 5.74) is 1.36. The number of thioether (sulfide) groups is 1. The second kappa shape index (κ2) is 9.86. The van der Waals surface area contributed by atoms with Crippen molar-refractivity contribution in [2.45, 2.75) is 12.7 Å². The Kier molecular flexibility index (Phi) is 9.65. The Morgan fingerprint density at radius 3 is 1.94 bits per heavy atom. The minimum Gasteiger partial charge on any atom is -0.748 e. The molecule has 0 bridgehead atoms. The molecule has 2 aromatic rings. The average molecular weight is 290 g/mol. The smallest absolute Gasteiger partial charge is 0.0440 e. The predicted molar refractivity (Wildman–Crippen MR) is 73.6 cm³/mol. The van der Waals surface area contributed by atoms with Gasteiger partial charge in [0.1, 0.15) is 0 Å². The van der Waals surface area contributed by atoms with E-state index in [4.69, 9.17) is 12.2 Å². The van der Waals surface area contributed by atoms with Gasteiger partial charge in [0.25, 0.3) is 0 Å². The summed E-state index contributed by atoms with van der Waals surface area (Å²) in [4.78, 5) is 0. The van der Waals surface area contributed by atoms with Crippen LogP contribution < -0.4 is 0 Å². The molecule has 0 amide bonds. The molecular weight excluding hydrogens is 276 g/mol. The zero-order valence-corrected chi connectivity index (χ0v) is 11.8. The molecule has 92 valence electrons. The van der Waals surface area contributed by atoms with Crippen LogP contribution in [0, 0.1) is 0 Å². The molecule has 0 saturated heterocycles. The molecule has 0 aliphatic rings. The first-order valence-corrected chi connectivity index (χ1v) is 6.19. The minimum absolute atomic E-state index is 0. The molecule has 0 radical (unpaired) electrons. The number of hydrogen-bond acceptors (Lipinski definition) is 2. The Morgan fingerprint density at radius 1 is 1.12 bits per heavy atom. The molecule has 0 spiro atoms. The van der Waals surface area contributed by atoms with E-state index in [-0.39, 0.29) is 17.1 Å². The molecule has 0 aliphatic heterocycles. The van der Waals surface area contributed by atoms with Gasteiger partial charge in [0, 0.05) is 21.3 Å². The SMILES string of the molecule is CC(=S)SC[c-]1cccc1.[Fe].[cH-]1[cH-][cH-][cH-][cH-]1. The van der Waals surface area contributed by atoms with Crippen LogP contribution in [-0.4, -0.2) is 4.20 Å². The van der Waals surface area contributed by atoms with Crippen molar-refractivity contribution in [3.63, 3.8) is 0 Å². The average Bonchev–Trinajstić information content (AvgIpc) is 2.91. The van der Waals surface area contributed by atoms with E-state index in [1.165, 1.54) is 5.56 Å². The number of hydrogen-bond donors (Lipinski definition) is 0. The van der Waals surface area contributed by atoms with Crippen LogP contribution in [0.5, 0.6) is 0 Å². The van der Waals surface area contributed by atoms with Crippen LogP contribution in [0.15, 0.2) is 54.6 Å². The first-order chi connectivity index (χ1) is 7.29. The molecule has 2 aromatic carbocycles. The summed E-state index contributed by atoms with van der Waals surface area (Å²) in [6, 6.07) is 18.3. The normalized spacial score (nSPS) is 8.56. The number of thiocarbonyl (C=S) groups is 1. The van der Waals surface area contributed by atoms with Crippen molar-refractivity contribution in [3.05, 3.63) is 60.2 Å². The van der Waals surface area contributed by atoms with Gasteiger partial charge in [-0.3, -0.25) is 0 Å². The Labute approximate surface area is 118 Å². The standard InChI is InChI=1S/C8H9S2.C5H5.Fe/c1-7(9)10-6-8-4-2-3-5-8;1-2-4-5-3-1;/h2-5H,6H2,1H3;1-5H;/q-1;-5;. The monoisotopic (exact) mass is 290 g/mol. The Bertz CT molecular complexity index is 332. The molecular formula is C13H14FeS2-6. The van der Waals surface area contributed by atoms with Crippen molar-refractivity contribution >= 4 is 28.2 Å². The van der Waals surface area contributed by atoms with Crippen molar-refractivity contribution in [1.29, 1.82) is 0 Å². The van der Waals surface area contributed by atoms with Crippen LogP contribution in [0.4, 0.5) is 0 Å². The Morgan fingerprint density at radius 2 is 1.56 bits per heavy atom. The predicted octanol–water partition coefficient (Wildman–Crippen LogP) is 4.39. The third-order valence-corrected chi connectivity index (χ3v) is 2.97. The summed E-state index contributed by atoms with van der Waals surface area (Å²) >= 11 is 6.65. The van der Waals surface area contributed by atoms with E-state index in [2.05, 4.69) is 24.3 Å². The van der Waals surface area contributed by atoms with E-state index in [1.807, 2.05) is 37.3 Å². The maximum Gasteiger partial charge on any atom is 0.0440 e. The van der Waals surface area contributed by atoms with Gasteiger partial charge in [-0.25, -0.2) is 12.1 Å². The van der Waals surface area contributed by atoms with E-state index in [0.29, 0.717) is 0 Å². The topological polar surface area (TPSA) is 0 Å². The van der Waals surface area contributed by atoms with Gasteiger partial charge in [0.15, 0.2) is 0 Å². The van der Waals surface area contributed by atoms with E-state index in [9.17, 15) is 0 Å². The number of rotatable bonds is 2. The summed E-state index contributed by atoms with van der Waals surface area (Å²) in [5, 5.41) is 0. The largest absolute Gasteiger partial charge is 0.748 e. The zero-order chi connectivity index (χ0) is 10.9. The maximum absolute atomic E-state index is 4.93. The van der Waals surface area contributed by atoms with Crippen LogP contribution >= 0.6 is 24.0 Å². The molecule has 0 N–H and O–H groups in total. The van der Waals surface area contributed by atoms with Gasteiger partial charge >= 0.3 is 0 Å². The molecule has 16 heavy (non-hydrogen) atoms. The molecule has 0 heterocycles. The van der Waals surface area contributed by atoms with Crippen LogP contribution in [0.1, 0.15) is 12.5 Å². The van der Waals surface area contributed by atoms with Gasteiger partial charge in [-0.05, 0) is 12.7 Å². The van der Waals surface area contributed by atoms with Crippen molar-refractivity contribution in [1.82, 2.24) is 0 Å². The fourth-order valence-corrected chi connectivity index (χ4v) is 1.75. The molecule has 0 aromatic heterocycles. The van der Waals surface area contributed by atoms with Crippen molar-refractivity contribution < 1.29 is 17.1 Å². The third kappa shape index (κ3) is 7.89. The Balaban J connectivity index is 0.000000318. The van der Waals surface area contributed by atoms with Crippen LogP contribution in [0.2, 0.25) is 0 Å². The molecule has 0 nitrogen and oxygen atoms in total. The summed E-state index contributed by atoms with van der Waals surface area (Å²) in [6.45, 7) is 1.96. The molecule has 0 atom stereocenters. The molecule has 0 fully saturated rings. The van der Waals surface area contributed by atoms with Crippen molar-refractivity contribution in [2.24, 2.45) is 0 Å². The van der Waals surface area contributed by atoms with Gasteiger partial charge in [0.05, 0.1) is 0 Å². The van der Waals surface area contributed by atoms with Gasteiger partial charge < -0.3 is 30.3 Å². The zero-order valence-electron chi connectivity index (χ0n) is 9.07. The van der Waals surface area contributed by atoms with E-state index < -0.39 is 0 Å². The fraction of sp³-hybridized carbons (Fsp3) is 0.154. The first kappa shape index (κ1) is 15.7. The van der Waals surface area contributed by atoms with E-state index in [1.54, 1.807) is 11.8 Å². The molecule has 3 heteroatoms. The maximum atomic E-state index is 4.93. The van der Waals surface area contributed by atoms with Gasteiger partial charge in [-0.2, -0.15) is 12.1 Å². The fourth-order valence-electron chi connectivity index (χ4n) is 1.02. The molecule has 0 unspecified atom stereocenters. The molecule has 2 rings (SSSR count). The summed E-state index contributed by atoms with van der Waals surface area (Å²) in [6.07, 6.45) is 0. The quantitative estimate of drug-likeness (QED) is 0.457. The van der Waals surface area contributed by atoms with E-state index >= 15 is 0 Å². The molecule has 0 aliphatic carbocycles. The van der Waals surface area contributed by atoms with Crippen molar-refractivity contribution in [2.75, 3.05) is 0 Å². The van der Waals surface area contributed by atoms with E-state index in [0.717, 1.165) is 9.95 Å². The second-order valence-corrected chi connectivity index (χ2v) is 5.10. The summed E-state index contributed by atoms with van der Waals surface area (Å²) in [5.74, 6) is 1.02. The van der Waals surface area contributed by atoms with Crippen LogP contribution in [0.25, 0.3) is 0 Å². The Hall–Kier alpha value is -0.341. The van der Waals surface area contributed by atoms with Gasteiger partial charge in [0.2, 0.25) is 0 Å². The van der Waals surface area contributed by atoms with Crippen molar-refractivity contribution in [3.8, 4) is 0 Å². The minimum atomic E-state index is 0. The second-order valence-electron chi connectivity index (χ2n) is 3.04. The third-order valence-electron chi connectivity index (χ3n) is 1.73. The van der Waals surface area contributed by atoms with Crippen LogP contribution in [0.3, 0.4) is 0 Å². The van der Waals surface area contributed by atoms with Crippen LogP contribution in [-0.2, 0) is 22.8 Å². The van der Waals surface area contributed by atoms with Gasteiger partial charge in [-0.1, -0.05) is 12.2 Å².